The van der Waals surface area contributed by atoms with Crippen LogP contribution >= 0.6 is 0 Å². The summed E-state index contributed by atoms with van der Waals surface area (Å²) in [4.78, 5) is 21.9. The lowest BCUT2D eigenvalue weighted by atomic mass is 10.1. The lowest BCUT2D eigenvalue weighted by Gasteiger charge is -2.11. The van der Waals surface area contributed by atoms with Crippen LogP contribution in [0.4, 0.5) is 5.69 Å². The lowest BCUT2D eigenvalue weighted by Crippen LogP contribution is -2.17. The minimum Gasteiger partial charge on any atom is -0.355 e. The fourth-order valence-electron chi connectivity index (χ4n) is 1.52. The van der Waals surface area contributed by atoms with Crippen molar-refractivity contribution >= 4 is 18.0 Å². The minimum atomic E-state index is -0.00134. The van der Waals surface area contributed by atoms with Crippen molar-refractivity contribution in [2.24, 2.45) is 5.92 Å². The van der Waals surface area contributed by atoms with Gasteiger partial charge in [0.15, 0.2) is 0 Å². The van der Waals surface area contributed by atoms with Gasteiger partial charge in [-0.1, -0.05) is 32.0 Å². The third kappa shape index (κ3) is 4.68. The molecule has 2 N–H and O–H groups in total. The van der Waals surface area contributed by atoms with Gasteiger partial charge in [0, 0.05) is 18.7 Å². The van der Waals surface area contributed by atoms with Crippen molar-refractivity contribution in [3.05, 3.63) is 29.8 Å². The Kier molecular flexibility index (Phi) is 5.20. The third-order valence-electron chi connectivity index (χ3n) is 2.26. The summed E-state index contributed by atoms with van der Waals surface area (Å²) in [7, 11) is 0. The predicted octanol–water partition coefficient (Wildman–Crippen LogP) is 1.92. The number of anilines is 1. The highest BCUT2D eigenvalue weighted by Gasteiger charge is 2.07. The molecule has 1 rings (SSSR count). The zero-order chi connectivity index (χ0) is 12.7. The summed E-state index contributed by atoms with van der Waals surface area (Å²) in [6.45, 7) is 4.42. The molecular formula is C13H18N2O2. The molecule has 0 saturated carbocycles. The van der Waals surface area contributed by atoms with E-state index in [9.17, 15) is 9.59 Å². The maximum Gasteiger partial charge on any atom is 0.224 e. The van der Waals surface area contributed by atoms with E-state index in [-0.39, 0.29) is 5.91 Å². The topological polar surface area (TPSA) is 58.2 Å². The monoisotopic (exact) mass is 234 g/mol. The van der Waals surface area contributed by atoms with Gasteiger partial charge < -0.3 is 10.6 Å². The van der Waals surface area contributed by atoms with E-state index in [1.54, 1.807) is 0 Å². The SMILES string of the molecule is CC(C)CC(=O)Nc1ccccc1CNC=O. The van der Waals surface area contributed by atoms with Gasteiger partial charge in [0.05, 0.1) is 0 Å². The summed E-state index contributed by atoms with van der Waals surface area (Å²) in [6, 6.07) is 7.44. The van der Waals surface area contributed by atoms with Crippen molar-refractivity contribution in [1.82, 2.24) is 5.32 Å². The van der Waals surface area contributed by atoms with Gasteiger partial charge in [-0.2, -0.15) is 0 Å². The molecule has 2 amide bonds. The molecule has 0 spiro atoms. The van der Waals surface area contributed by atoms with Crippen LogP contribution in [0.25, 0.3) is 0 Å². The first-order valence-electron chi connectivity index (χ1n) is 5.68. The van der Waals surface area contributed by atoms with Crippen LogP contribution in [0, 0.1) is 5.92 Å². The average Bonchev–Trinajstić information content (AvgIpc) is 2.26. The molecule has 1 aromatic rings. The summed E-state index contributed by atoms with van der Waals surface area (Å²) in [5.41, 5.74) is 1.66. The molecule has 0 saturated heterocycles. The maximum atomic E-state index is 11.6. The molecule has 4 nitrogen and oxygen atoms in total. The van der Waals surface area contributed by atoms with Gasteiger partial charge in [-0.25, -0.2) is 0 Å². The van der Waals surface area contributed by atoms with Crippen molar-refractivity contribution in [3.63, 3.8) is 0 Å². The number of nitrogens with one attached hydrogen (secondary N) is 2. The molecule has 0 unspecified atom stereocenters. The van der Waals surface area contributed by atoms with Crippen molar-refractivity contribution in [2.45, 2.75) is 26.8 Å². The van der Waals surface area contributed by atoms with Crippen molar-refractivity contribution in [3.8, 4) is 0 Å². The Balaban J connectivity index is 2.68. The number of amides is 2. The predicted molar refractivity (Wildman–Crippen MR) is 67.4 cm³/mol. The summed E-state index contributed by atoms with van der Waals surface area (Å²) < 4.78 is 0. The fourth-order valence-corrected chi connectivity index (χ4v) is 1.52. The highest BCUT2D eigenvalue weighted by molar-refractivity contribution is 5.91. The van der Waals surface area contributed by atoms with E-state index >= 15 is 0 Å². The van der Waals surface area contributed by atoms with Gasteiger partial charge in [0.2, 0.25) is 12.3 Å². The van der Waals surface area contributed by atoms with Crippen LogP contribution in [-0.4, -0.2) is 12.3 Å². The van der Waals surface area contributed by atoms with Crippen LogP contribution in [0.3, 0.4) is 0 Å². The minimum absolute atomic E-state index is 0.00134. The number of hydrogen-bond acceptors (Lipinski definition) is 2. The van der Waals surface area contributed by atoms with E-state index < -0.39 is 0 Å². The smallest absolute Gasteiger partial charge is 0.224 e. The Morgan fingerprint density at radius 2 is 2.06 bits per heavy atom. The molecule has 17 heavy (non-hydrogen) atoms. The van der Waals surface area contributed by atoms with E-state index in [1.165, 1.54) is 0 Å². The van der Waals surface area contributed by atoms with E-state index in [0.717, 1.165) is 11.3 Å². The summed E-state index contributed by atoms with van der Waals surface area (Å²) >= 11 is 0. The number of benzene rings is 1. The number of carbonyl (C=O) groups is 2. The Morgan fingerprint density at radius 1 is 1.35 bits per heavy atom. The second kappa shape index (κ2) is 6.68. The fraction of sp³-hybridized carbons (Fsp3) is 0.385. The first kappa shape index (κ1) is 13.2. The third-order valence-corrected chi connectivity index (χ3v) is 2.26. The normalized spacial score (nSPS) is 10.1. The van der Waals surface area contributed by atoms with Gasteiger partial charge in [-0.15, -0.1) is 0 Å². The van der Waals surface area contributed by atoms with E-state index in [0.29, 0.717) is 25.3 Å². The first-order valence-corrected chi connectivity index (χ1v) is 5.68. The van der Waals surface area contributed by atoms with E-state index in [2.05, 4.69) is 10.6 Å². The summed E-state index contributed by atoms with van der Waals surface area (Å²) in [5, 5.41) is 5.44. The highest BCUT2D eigenvalue weighted by Crippen LogP contribution is 2.15. The lowest BCUT2D eigenvalue weighted by molar-refractivity contribution is -0.116. The highest BCUT2D eigenvalue weighted by atomic mass is 16.1. The quantitative estimate of drug-likeness (QED) is 0.739. The standard InChI is InChI=1S/C13H18N2O2/c1-10(2)7-13(17)15-12-6-4-3-5-11(12)8-14-9-16/h3-6,9-10H,7-8H2,1-2H3,(H,14,16)(H,15,17). The Bertz CT molecular complexity index is 389. The maximum absolute atomic E-state index is 11.6. The van der Waals surface area contributed by atoms with Crippen molar-refractivity contribution < 1.29 is 9.59 Å². The van der Waals surface area contributed by atoms with Gasteiger partial charge in [-0.05, 0) is 17.5 Å². The van der Waals surface area contributed by atoms with Gasteiger partial charge in [0.25, 0.3) is 0 Å². The first-order chi connectivity index (χ1) is 8.13. The molecule has 0 atom stereocenters. The molecule has 0 radical (unpaired) electrons. The molecular weight excluding hydrogens is 216 g/mol. The van der Waals surface area contributed by atoms with Crippen LogP contribution in [0.1, 0.15) is 25.8 Å². The van der Waals surface area contributed by atoms with Gasteiger partial charge in [0.1, 0.15) is 0 Å². The van der Waals surface area contributed by atoms with Gasteiger partial charge in [-0.3, -0.25) is 9.59 Å². The summed E-state index contributed by atoms with van der Waals surface area (Å²) in [5.74, 6) is 0.328. The molecule has 0 aliphatic rings. The zero-order valence-corrected chi connectivity index (χ0v) is 10.2. The average molecular weight is 234 g/mol. The Morgan fingerprint density at radius 3 is 2.71 bits per heavy atom. The van der Waals surface area contributed by atoms with Crippen LogP contribution in [-0.2, 0) is 16.1 Å². The van der Waals surface area contributed by atoms with Crippen molar-refractivity contribution in [1.29, 1.82) is 0 Å². The van der Waals surface area contributed by atoms with Crippen LogP contribution in [0.15, 0.2) is 24.3 Å². The molecule has 0 aliphatic heterocycles. The van der Waals surface area contributed by atoms with E-state index in [1.807, 2.05) is 38.1 Å². The molecule has 0 aliphatic carbocycles. The molecule has 4 heteroatoms. The number of para-hydroxylation sites is 1. The second-order valence-electron chi connectivity index (χ2n) is 4.30. The number of hydrogen-bond donors (Lipinski definition) is 2. The Hall–Kier alpha value is -1.84. The van der Waals surface area contributed by atoms with Crippen LogP contribution in [0.2, 0.25) is 0 Å². The molecule has 1 aromatic carbocycles. The molecule has 0 aromatic heterocycles. The molecule has 92 valence electrons. The largest absolute Gasteiger partial charge is 0.355 e. The van der Waals surface area contributed by atoms with Gasteiger partial charge >= 0.3 is 0 Å². The Labute approximate surface area is 101 Å². The molecule has 0 heterocycles. The summed E-state index contributed by atoms with van der Waals surface area (Å²) in [6.07, 6.45) is 1.14. The van der Waals surface area contributed by atoms with Crippen LogP contribution < -0.4 is 10.6 Å². The molecule has 0 fully saturated rings. The van der Waals surface area contributed by atoms with Crippen LogP contribution in [0.5, 0.6) is 0 Å². The second-order valence-corrected chi connectivity index (χ2v) is 4.30. The van der Waals surface area contributed by atoms with E-state index in [4.69, 9.17) is 0 Å². The molecule has 0 bridgehead atoms. The number of rotatable bonds is 6. The van der Waals surface area contributed by atoms with Crippen molar-refractivity contribution in [2.75, 3.05) is 5.32 Å². The zero-order valence-electron chi connectivity index (χ0n) is 10.2. The number of carbonyl (C=O) groups excluding carboxylic acids is 2.